The Hall–Kier alpha value is -1.69. The number of carbonyl (C=O) groups excluding carboxylic acids is 1. The Kier molecular flexibility index (Phi) is 4.20. The topological polar surface area (TPSA) is 72.0 Å². The number of H-pyrrole nitrogens is 1. The highest BCUT2D eigenvalue weighted by atomic mass is 79.9. The summed E-state index contributed by atoms with van der Waals surface area (Å²) in [5, 5.41) is 0.543. The van der Waals surface area contributed by atoms with Gasteiger partial charge >= 0.3 is 5.97 Å². The van der Waals surface area contributed by atoms with E-state index in [1.165, 1.54) is 19.3 Å². The zero-order chi connectivity index (χ0) is 19.5. The summed E-state index contributed by atoms with van der Waals surface area (Å²) in [6, 6.07) is 7.20. The first-order valence-electron chi connectivity index (χ1n) is 10.2. The van der Waals surface area contributed by atoms with E-state index in [9.17, 15) is 9.59 Å². The van der Waals surface area contributed by atoms with E-state index in [2.05, 4.69) is 25.9 Å². The molecule has 28 heavy (non-hydrogen) atoms. The van der Waals surface area contributed by atoms with E-state index < -0.39 is 6.10 Å². The Morgan fingerprint density at radius 1 is 1.29 bits per heavy atom. The maximum absolute atomic E-state index is 12.8. The second-order valence-electron chi connectivity index (χ2n) is 9.39. The van der Waals surface area contributed by atoms with Gasteiger partial charge in [-0.05, 0) is 74.8 Å². The molecule has 4 aliphatic carbocycles. The summed E-state index contributed by atoms with van der Waals surface area (Å²) in [7, 11) is 0. The number of aromatic nitrogens is 2. The first kappa shape index (κ1) is 18.3. The smallest absolute Gasteiger partial charge is 0.307 e. The number of benzene rings is 1. The Labute approximate surface area is 172 Å². The number of alkyl halides is 1. The fourth-order valence-electron chi connectivity index (χ4n) is 6.44. The van der Waals surface area contributed by atoms with Gasteiger partial charge in [0.25, 0.3) is 5.56 Å². The van der Waals surface area contributed by atoms with Crippen LogP contribution in [0.15, 0.2) is 29.1 Å². The first-order chi connectivity index (χ1) is 13.3. The fourth-order valence-corrected chi connectivity index (χ4v) is 7.95. The summed E-state index contributed by atoms with van der Waals surface area (Å²) in [5.74, 6) is 1.70. The lowest BCUT2D eigenvalue weighted by atomic mass is 9.49. The molecule has 3 atom stereocenters. The molecule has 1 aromatic heterocycles. The van der Waals surface area contributed by atoms with Crippen molar-refractivity contribution >= 4 is 32.8 Å². The summed E-state index contributed by atoms with van der Waals surface area (Å²) < 4.78 is 5.96. The van der Waals surface area contributed by atoms with E-state index in [0.717, 1.165) is 31.1 Å². The highest BCUT2D eigenvalue weighted by Crippen LogP contribution is 2.65. The number of hydrogen-bond donors (Lipinski definition) is 1. The molecule has 4 aliphatic rings. The second-order valence-corrected chi connectivity index (χ2v) is 11.1. The van der Waals surface area contributed by atoms with Crippen LogP contribution in [0.3, 0.4) is 0 Å². The van der Waals surface area contributed by atoms with Crippen LogP contribution >= 0.6 is 15.9 Å². The number of carbonyl (C=O) groups is 1. The third-order valence-corrected chi connectivity index (χ3v) is 7.88. The third-order valence-electron chi connectivity index (χ3n) is 6.95. The van der Waals surface area contributed by atoms with Crippen molar-refractivity contribution in [2.24, 2.45) is 17.3 Å². The predicted molar refractivity (Wildman–Crippen MR) is 110 cm³/mol. The lowest BCUT2D eigenvalue weighted by molar-refractivity contribution is -0.156. The van der Waals surface area contributed by atoms with Gasteiger partial charge in [-0.2, -0.15) is 0 Å². The minimum absolute atomic E-state index is 0.0780. The minimum Gasteiger partial charge on any atom is -0.454 e. The standard InChI is InChI=1S/C22H25BrN2O3/c1-13(19-24-17-5-3-2-4-16(17)20(27)25-19)28-18(26)11-21-7-14-6-15(8-21)10-22(23,9-14)12-21/h2-5,13-15H,6-12H2,1H3,(H,24,25,27). The molecule has 148 valence electrons. The van der Waals surface area contributed by atoms with Crippen molar-refractivity contribution < 1.29 is 9.53 Å². The molecule has 1 N–H and O–H groups in total. The second kappa shape index (κ2) is 6.41. The summed E-state index contributed by atoms with van der Waals surface area (Å²) >= 11 is 4.00. The predicted octanol–water partition coefficient (Wildman–Crippen LogP) is 4.65. The molecule has 0 saturated heterocycles. The Bertz CT molecular complexity index is 987. The van der Waals surface area contributed by atoms with E-state index in [4.69, 9.17) is 4.74 Å². The number of nitrogens with zero attached hydrogens (tertiary/aromatic N) is 1. The van der Waals surface area contributed by atoms with Gasteiger partial charge in [-0.25, -0.2) is 4.98 Å². The largest absolute Gasteiger partial charge is 0.454 e. The SMILES string of the molecule is CC(OC(=O)CC12CC3CC(CC(Br)(C3)C1)C2)c1nc2ccccc2c(=O)[nH]1. The van der Waals surface area contributed by atoms with Crippen molar-refractivity contribution in [1.82, 2.24) is 9.97 Å². The van der Waals surface area contributed by atoms with E-state index in [0.29, 0.717) is 23.1 Å². The number of esters is 1. The summed E-state index contributed by atoms with van der Waals surface area (Å²) in [6.07, 6.45) is 7.07. The van der Waals surface area contributed by atoms with Crippen LogP contribution in [0.4, 0.5) is 0 Å². The average molecular weight is 445 g/mol. The monoisotopic (exact) mass is 444 g/mol. The highest BCUT2D eigenvalue weighted by molar-refractivity contribution is 9.10. The van der Waals surface area contributed by atoms with Crippen LogP contribution in [-0.4, -0.2) is 20.3 Å². The van der Waals surface area contributed by atoms with Crippen LogP contribution in [0, 0.1) is 17.3 Å². The van der Waals surface area contributed by atoms with Crippen molar-refractivity contribution in [3.63, 3.8) is 0 Å². The molecular formula is C22H25BrN2O3. The highest BCUT2D eigenvalue weighted by Gasteiger charge is 2.57. The van der Waals surface area contributed by atoms with Gasteiger partial charge in [-0.1, -0.05) is 28.1 Å². The first-order valence-corrected chi connectivity index (χ1v) is 11.0. The molecule has 3 unspecified atom stereocenters. The summed E-state index contributed by atoms with van der Waals surface area (Å²) in [5.41, 5.74) is 0.492. The molecule has 6 rings (SSSR count). The van der Waals surface area contributed by atoms with Crippen LogP contribution < -0.4 is 5.56 Å². The molecule has 4 bridgehead atoms. The Balaban J connectivity index is 1.32. The number of fused-ring (bicyclic) bond motifs is 1. The van der Waals surface area contributed by atoms with Gasteiger partial charge in [0.2, 0.25) is 0 Å². The number of para-hydroxylation sites is 1. The number of ether oxygens (including phenoxy) is 1. The molecule has 0 aliphatic heterocycles. The fraction of sp³-hybridized carbons (Fsp3) is 0.591. The van der Waals surface area contributed by atoms with Gasteiger partial charge in [0, 0.05) is 4.32 Å². The Morgan fingerprint density at radius 2 is 2.00 bits per heavy atom. The molecule has 0 amide bonds. The molecule has 4 saturated carbocycles. The summed E-state index contributed by atoms with van der Waals surface area (Å²) in [4.78, 5) is 32.3. The van der Waals surface area contributed by atoms with Crippen molar-refractivity contribution in [2.75, 3.05) is 0 Å². The third kappa shape index (κ3) is 3.19. The molecule has 0 spiro atoms. The number of hydrogen-bond acceptors (Lipinski definition) is 4. The molecule has 1 heterocycles. The van der Waals surface area contributed by atoms with Crippen LogP contribution in [0.1, 0.15) is 63.8 Å². The number of rotatable bonds is 4. The van der Waals surface area contributed by atoms with Crippen molar-refractivity contribution in [3.8, 4) is 0 Å². The van der Waals surface area contributed by atoms with Crippen molar-refractivity contribution in [1.29, 1.82) is 0 Å². The molecule has 4 fully saturated rings. The summed E-state index contributed by atoms with van der Waals surface area (Å²) in [6.45, 7) is 1.77. The average Bonchev–Trinajstić information content (AvgIpc) is 2.58. The van der Waals surface area contributed by atoms with Gasteiger partial charge in [0.15, 0.2) is 11.9 Å². The van der Waals surface area contributed by atoms with Gasteiger partial charge in [0.1, 0.15) is 0 Å². The van der Waals surface area contributed by atoms with Gasteiger partial charge in [0.05, 0.1) is 17.3 Å². The van der Waals surface area contributed by atoms with E-state index in [1.54, 1.807) is 19.1 Å². The maximum Gasteiger partial charge on any atom is 0.307 e. The van der Waals surface area contributed by atoms with E-state index >= 15 is 0 Å². The number of halogens is 1. The molecule has 0 radical (unpaired) electrons. The minimum atomic E-state index is -0.573. The quantitative estimate of drug-likeness (QED) is 0.549. The lowest BCUT2D eigenvalue weighted by Crippen LogP contribution is -2.53. The van der Waals surface area contributed by atoms with E-state index in [-0.39, 0.29) is 21.3 Å². The van der Waals surface area contributed by atoms with Crippen molar-refractivity contribution in [2.45, 2.75) is 62.3 Å². The molecule has 6 heteroatoms. The van der Waals surface area contributed by atoms with Crippen LogP contribution in [0.25, 0.3) is 10.9 Å². The maximum atomic E-state index is 12.8. The zero-order valence-corrected chi connectivity index (χ0v) is 17.6. The van der Waals surface area contributed by atoms with Crippen LogP contribution in [0.5, 0.6) is 0 Å². The molecule has 1 aromatic carbocycles. The number of nitrogens with one attached hydrogen (secondary N) is 1. The normalized spacial score (nSPS) is 34.5. The molecular weight excluding hydrogens is 420 g/mol. The van der Waals surface area contributed by atoms with Gasteiger partial charge in [-0.3, -0.25) is 9.59 Å². The zero-order valence-electron chi connectivity index (χ0n) is 16.0. The van der Waals surface area contributed by atoms with Gasteiger partial charge in [-0.15, -0.1) is 0 Å². The van der Waals surface area contributed by atoms with Crippen molar-refractivity contribution in [3.05, 3.63) is 40.4 Å². The molecule has 5 nitrogen and oxygen atoms in total. The van der Waals surface area contributed by atoms with Gasteiger partial charge < -0.3 is 9.72 Å². The number of aromatic amines is 1. The molecule has 2 aromatic rings. The van der Waals surface area contributed by atoms with Crippen LogP contribution in [-0.2, 0) is 9.53 Å². The van der Waals surface area contributed by atoms with E-state index in [1.807, 2.05) is 12.1 Å². The van der Waals surface area contributed by atoms with Crippen LogP contribution in [0.2, 0.25) is 0 Å². The lowest BCUT2D eigenvalue weighted by Gasteiger charge is -2.60. The Morgan fingerprint density at radius 3 is 2.71 bits per heavy atom.